The molecule has 0 saturated carbocycles. The molecule has 0 amide bonds. The number of aromatic nitrogens is 2. The molecule has 2 rings (SSSR count). The van der Waals surface area contributed by atoms with E-state index in [0.29, 0.717) is 6.04 Å². The summed E-state index contributed by atoms with van der Waals surface area (Å²) in [5.74, 6) is 0.736. The summed E-state index contributed by atoms with van der Waals surface area (Å²) in [6, 6.07) is 6.51. The maximum absolute atomic E-state index is 5.67. The Labute approximate surface area is 107 Å². The lowest BCUT2D eigenvalue weighted by molar-refractivity contribution is 0.506. The van der Waals surface area contributed by atoms with Crippen molar-refractivity contribution < 1.29 is 0 Å². The van der Waals surface area contributed by atoms with Gasteiger partial charge in [-0.05, 0) is 31.9 Å². The van der Waals surface area contributed by atoms with Crippen LogP contribution in [0.3, 0.4) is 0 Å². The van der Waals surface area contributed by atoms with Gasteiger partial charge < -0.3 is 9.72 Å². The van der Waals surface area contributed by atoms with E-state index >= 15 is 0 Å². The smallest absolute Gasteiger partial charge is 0.137 e. The van der Waals surface area contributed by atoms with E-state index < -0.39 is 0 Å². The molecular formula is C13H18ClN3. The predicted molar refractivity (Wildman–Crippen MR) is 71.4 cm³/mol. The molecule has 4 heteroatoms. The zero-order valence-corrected chi connectivity index (χ0v) is 10.8. The predicted octanol–water partition coefficient (Wildman–Crippen LogP) is 2.83. The van der Waals surface area contributed by atoms with Gasteiger partial charge in [-0.2, -0.15) is 0 Å². The molecule has 0 aliphatic carbocycles. The zero-order valence-electron chi connectivity index (χ0n) is 10.1. The van der Waals surface area contributed by atoms with E-state index in [1.165, 1.54) is 0 Å². The van der Waals surface area contributed by atoms with Gasteiger partial charge in [0.2, 0.25) is 0 Å². The van der Waals surface area contributed by atoms with Gasteiger partial charge in [0, 0.05) is 30.9 Å². The molecule has 0 fully saturated rings. The van der Waals surface area contributed by atoms with Gasteiger partial charge in [0.15, 0.2) is 0 Å². The molecule has 3 nitrogen and oxygen atoms in total. The third kappa shape index (κ3) is 3.45. The minimum atomic E-state index is 0.485. The van der Waals surface area contributed by atoms with Gasteiger partial charge in [-0.3, -0.25) is 0 Å². The van der Waals surface area contributed by atoms with Gasteiger partial charge in [0.1, 0.15) is 5.65 Å². The Morgan fingerprint density at radius 3 is 3.12 bits per heavy atom. The number of halogens is 1. The van der Waals surface area contributed by atoms with Crippen molar-refractivity contribution in [3.05, 3.63) is 36.3 Å². The summed E-state index contributed by atoms with van der Waals surface area (Å²) >= 11 is 5.67. The van der Waals surface area contributed by atoms with E-state index in [0.717, 1.165) is 36.6 Å². The lowest BCUT2D eigenvalue weighted by atomic mass is 10.2. The fraction of sp³-hybridized carbons (Fsp3) is 0.462. The number of fused-ring (bicyclic) bond motifs is 1. The van der Waals surface area contributed by atoms with Gasteiger partial charge in [-0.25, -0.2) is 4.98 Å². The largest absolute Gasteiger partial charge is 0.309 e. The molecular weight excluding hydrogens is 234 g/mol. The second-order valence-electron chi connectivity index (χ2n) is 4.31. The van der Waals surface area contributed by atoms with Crippen LogP contribution in [0.25, 0.3) is 5.65 Å². The fourth-order valence-corrected chi connectivity index (χ4v) is 1.99. The Morgan fingerprint density at radius 1 is 1.47 bits per heavy atom. The molecule has 1 atom stereocenters. The molecule has 1 N–H and O–H groups in total. The Balaban J connectivity index is 1.90. The normalized spacial score (nSPS) is 13.1. The molecule has 17 heavy (non-hydrogen) atoms. The number of alkyl halides is 1. The average Bonchev–Trinajstić information content (AvgIpc) is 2.76. The lowest BCUT2D eigenvalue weighted by Crippen LogP contribution is -2.25. The summed E-state index contributed by atoms with van der Waals surface area (Å²) in [7, 11) is 0. The molecule has 0 saturated heterocycles. The highest BCUT2D eigenvalue weighted by molar-refractivity contribution is 6.17. The topological polar surface area (TPSA) is 29.3 Å². The lowest BCUT2D eigenvalue weighted by Gasteiger charge is -2.11. The Bertz CT molecular complexity index is 433. The summed E-state index contributed by atoms with van der Waals surface area (Å²) in [5.41, 5.74) is 2.08. The van der Waals surface area contributed by atoms with Crippen molar-refractivity contribution in [1.29, 1.82) is 0 Å². The van der Waals surface area contributed by atoms with Crippen LogP contribution in [0.1, 0.15) is 25.5 Å². The van der Waals surface area contributed by atoms with Crippen molar-refractivity contribution in [2.45, 2.75) is 32.4 Å². The third-order valence-corrected chi connectivity index (χ3v) is 3.08. The summed E-state index contributed by atoms with van der Waals surface area (Å²) < 4.78 is 2.04. The average molecular weight is 252 g/mol. The van der Waals surface area contributed by atoms with E-state index in [4.69, 9.17) is 11.6 Å². The molecule has 0 spiro atoms. The van der Waals surface area contributed by atoms with Crippen LogP contribution in [0.15, 0.2) is 30.6 Å². The SMILES string of the molecule is CC(CCCCl)NCc1cn2ccccc2n1. The fourth-order valence-electron chi connectivity index (χ4n) is 1.84. The summed E-state index contributed by atoms with van der Waals surface area (Å²) in [6.07, 6.45) is 6.25. The van der Waals surface area contributed by atoms with Crippen LogP contribution in [0, 0.1) is 0 Å². The molecule has 1 unspecified atom stereocenters. The maximum atomic E-state index is 5.67. The summed E-state index contributed by atoms with van der Waals surface area (Å²) in [5, 5.41) is 3.46. The minimum Gasteiger partial charge on any atom is -0.309 e. The first-order valence-electron chi connectivity index (χ1n) is 6.01. The molecule has 2 aromatic rings. The van der Waals surface area contributed by atoms with Crippen molar-refractivity contribution in [2.24, 2.45) is 0 Å². The van der Waals surface area contributed by atoms with Crippen molar-refractivity contribution in [3.8, 4) is 0 Å². The zero-order chi connectivity index (χ0) is 12.1. The monoisotopic (exact) mass is 251 g/mol. The van der Waals surface area contributed by atoms with E-state index in [9.17, 15) is 0 Å². The van der Waals surface area contributed by atoms with Gasteiger partial charge in [-0.1, -0.05) is 6.07 Å². The highest BCUT2D eigenvalue weighted by Crippen LogP contribution is 2.05. The highest BCUT2D eigenvalue weighted by Gasteiger charge is 2.04. The van der Waals surface area contributed by atoms with Crippen LogP contribution in [0.4, 0.5) is 0 Å². The number of nitrogens with one attached hydrogen (secondary N) is 1. The van der Waals surface area contributed by atoms with Crippen molar-refractivity contribution >= 4 is 17.2 Å². The summed E-state index contributed by atoms with van der Waals surface area (Å²) in [4.78, 5) is 4.54. The van der Waals surface area contributed by atoms with Crippen molar-refractivity contribution in [1.82, 2.24) is 14.7 Å². The quantitative estimate of drug-likeness (QED) is 0.800. The minimum absolute atomic E-state index is 0.485. The number of rotatable bonds is 6. The van der Waals surface area contributed by atoms with Crippen LogP contribution in [-0.2, 0) is 6.54 Å². The number of hydrogen-bond donors (Lipinski definition) is 1. The van der Waals surface area contributed by atoms with Gasteiger partial charge in [-0.15, -0.1) is 11.6 Å². The number of nitrogens with zero attached hydrogens (tertiary/aromatic N) is 2. The Morgan fingerprint density at radius 2 is 2.35 bits per heavy atom. The number of hydrogen-bond acceptors (Lipinski definition) is 2. The van der Waals surface area contributed by atoms with Crippen LogP contribution in [0.2, 0.25) is 0 Å². The van der Waals surface area contributed by atoms with Gasteiger partial charge >= 0.3 is 0 Å². The molecule has 0 aromatic carbocycles. The first kappa shape index (κ1) is 12.4. The van der Waals surface area contributed by atoms with Crippen LogP contribution in [0.5, 0.6) is 0 Å². The van der Waals surface area contributed by atoms with E-state index in [1.54, 1.807) is 0 Å². The van der Waals surface area contributed by atoms with E-state index in [2.05, 4.69) is 23.4 Å². The Hall–Kier alpha value is -1.06. The van der Waals surface area contributed by atoms with Gasteiger partial charge in [0.25, 0.3) is 0 Å². The van der Waals surface area contributed by atoms with E-state index in [-0.39, 0.29) is 0 Å². The van der Waals surface area contributed by atoms with Crippen LogP contribution >= 0.6 is 11.6 Å². The standard InChI is InChI=1S/C13H18ClN3/c1-11(5-4-7-14)15-9-12-10-17-8-3-2-6-13(17)16-12/h2-3,6,8,10-11,15H,4-5,7,9H2,1H3. The first-order valence-corrected chi connectivity index (χ1v) is 6.55. The molecule has 92 valence electrons. The second kappa shape index (κ2) is 6.03. The molecule has 2 heterocycles. The van der Waals surface area contributed by atoms with Gasteiger partial charge in [0.05, 0.1) is 5.69 Å². The highest BCUT2D eigenvalue weighted by atomic mass is 35.5. The molecule has 0 radical (unpaired) electrons. The maximum Gasteiger partial charge on any atom is 0.137 e. The Kier molecular flexibility index (Phi) is 4.40. The molecule has 0 aliphatic rings. The van der Waals surface area contributed by atoms with E-state index in [1.807, 2.05) is 28.8 Å². The third-order valence-electron chi connectivity index (χ3n) is 2.82. The van der Waals surface area contributed by atoms with Crippen LogP contribution in [-0.4, -0.2) is 21.3 Å². The van der Waals surface area contributed by atoms with Crippen molar-refractivity contribution in [3.63, 3.8) is 0 Å². The second-order valence-corrected chi connectivity index (χ2v) is 4.69. The number of pyridine rings is 1. The molecule has 0 aliphatic heterocycles. The van der Waals surface area contributed by atoms with Crippen molar-refractivity contribution in [2.75, 3.05) is 5.88 Å². The summed E-state index contributed by atoms with van der Waals surface area (Å²) in [6.45, 7) is 2.99. The molecule has 0 bridgehead atoms. The molecule has 2 aromatic heterocycles. The number of imidazole rings is 1. The first-order chi connectivity index (χ1) is 8.29. The van der Waals surface area contributed by atoms with Crippen LogP contribution < -0.4 is 5.32 Å².